The third-order valence-electron chi connectivity index (χ3n) is 7.47. The minimum absolute atomic E-state index is 1.21. The Morgan fingerprint density at radius 3 is 1.30 bits per heavy atom. The fraction of sp³-hybridized carbons (Fsp3) is 0.903. The van der Waals surface area contributed by atoms with Crippen molar-refractivity contribution >= 4 is 0 Å². The van der Waals surface area contributed by atoms with E-state index in [-0.39, 0.29) is 0 Å². The summed E-state index contributed by atoms with van der Waals surface area (Å²) in [5.74, 6) is 1.53. The van der Waals surface area contributed by atoms with E-state index in [2.05, 4.69) is 42.4 Å². The Morgan fingerprint density at radius 1 is 0.515 bits per heavy atom. The van der Waals surface area contributed by atoms with Crippen molar-refractivity contribution in [2.75, 3.05) is 0 Å². The van der Waals surface area contributed by atoms with Crippen LogP contribution in [0.2, 0.25) is 0 Å². The molecule has 0 aliphatic carbocycles. The first kappa shape index (κ1) is 30.2. The Balaban J connectivity index is 1.95. The Morgan fingerprint density at radius 2 is 0.879 bits per heavy atom. The molecular formula is C31H61N2+. The van der Waals surface area contributed by atoms with Gasteiger partial charge in [-0.15, -0.1) is 0 Å². The predicted octanol–water partition coefficient (Wildman–Crippen LogP) is 9.87. The lowest BCUT2D eigenvalue weighted by atomic mass is 10.0. The molecule has 0 aliphatic heterocycles. The van der Waals surface area contributed by atoms with Gasteiger partial charge in [0, 0.05) is 6.42 Å². The van der Waals surface area contributed by atoms with Crippen molar-refractivity contribution in [3.8, 4) is 0 Å². The minimum Gasteiger partial charge on any atom is -0.237 e. The number of imidazole rings is 1. The maximum absolute atomic E-state index is 2.53. The first-order valence-electron chi connectivity index (χ1n) is 15.3. The van der Waals surface area contributed by atoms with Gasteiger partial charge < -0.3 is 0 Å². The van der Waals surface area contributed by atoms with E-state index in [0.717, 1.165) is 0 Å². The lowest BCUT2D eigenvalue weighted by molar-refractivity contribution is -0.678. The van der Waals surface area contributed by atoms with E-state index >= 15 is 0 Å². The van der Waals surface area contributed by atoms with Crippen molar-refractivity contribution in [3.63, 3.8) is 0 Å². The van der Waals surface area contributed by atoms with Gasteiger partial charge in [0.2, 0.25) is 0 Å². The summed E-state index contributed by atoms with van der Waals surface area (Å²) in [6, 6.07) is 0. The standard InChI is InChI=1S/C31H61N2/c1-4-6-8-10-12-14-15-16-17-18-19-20-21-23-25-27-31-32(3)29-30-33(31)28-26-24-22-13-11-9-7-5-2/h29-30H,4-28H2,1-3H3/q+1. The van der Waals surface area contributed by atoms with Crippen LogP contribution in [0.25, 0.3) is 0 Å². The minimum atomic E-state index is 1.21. The van der Waals surface area contributed by atoms with Gasteiger partial charge in [0.1, 0.15) is 12.4 Å². The molecule has 33 heavy (non-hydrogen) atoms. The zero-order valence-electron chi connectivity index (χ0n) is 23.2. The number of nitrogens with zero attached hydrogens (tertiary/aromatic N) is 2. The molecule has 0 aromatic carbocycles. The SMILES string of the molecule is CCCCCCCCCCCCCCCCCc1n(CCCCCCCCCC)cc[n+]1C. The van der Waals surface area contributed by atoms with Crippen LogP contribution in [0.3, 0.4) is 0 Å². The van der Waals surface area contributed by atoms with Crippen LogP contribution in [-0.4, -0.2) is 4.57 Å². The summed E-state index contributed by atoms with van der Waals surface area (Å²) in [4.78, 5) is 0. The van der Waals surface area contributed by atoms with Crippen molar-refractivity contribution < 1.29 is 4.57 Å². The second kappa shape index (κ2) is 23.0. The molecule has 0 spiro atoms. The van der Waals surface area contributed by atoms with E-state index in [1.54, 1.807) is 0 Å². The summed E-state index contributed by atoms with van der Waals surface area (Å²) < 4.78 is 4.88. The number of hydrogen-bond acceptors (Lipinski definition) is 0. The number of hydrogen-bond donors (Lipinski definition) is 0. The van der Waals surface area contributed by atoms with E-state index in [1.807, 2.05) is 0 Å². The molecule has 0 atom stereocenters. The Hall–Kier alpha value is -0.790. The predicted molar refractivity (Wildman–Crippen MR) is 147 cm³/mol. The lowest BCUT2D eigenvalue weighted by Crippen LogP contribution is -2.32. The zero-order valence-corrected chi connectivity index (χ0v) is 23.2. The van der Waals surface area contributed by atoms with Crippen molar-refractivity contribution in [2.45, 2.75) is 174 Å². The highest BCUT2D eigenvalue weighted by molar-refractivity contribution is 4.84. The van der Waals surface area contributed by atoms with Gasteiger partial charge in [-0.3, -0.25) is 0 Å². The summed E-state index contributed by atoms with van der Waals surface area (Å²) in [5, 5.41) is 0. The molecule has 0 unspecified atom stereocenters. The number of rotatable bonds is 25. The molecule has 1 aromatic heterocycles. The average Bonchev–Trinajstić information content (AvgIpc) is 3.17. The van der Waals surface area contributed by atoms with E-state index in [1.165, 1.54) is 166 Å². The zero-order chi connectivity index (χ0) is 23.8. The molecule has 1 rings (SSSR count). The molecule has 0 radical (unpaired) electrons. The summed E-state index contributed by atoms with van der Waals surface area (Å²) in [6.07, 6.45) is 38.7. The second-order valence-electron chi connectivity index (χ2n) is 10.7. The third kappa shape index (κ3) is 17.3. The summed E-state index contributed by atoms with van der Waals surface area (Å²) >= 11 is 0. The number of aromatic nitrogens is 2. The summed E-state index contributed by atoms with van der Waals surface area (Å²) in [7, 11) is 2.23. The van der Waals surface area contributed by atoms with E-state index in [9.17, 15) is 0 Å². The molecule has 0 amide bonds. The topological polar surface area (TPSA) is 8.81 Å². The largest absolute Gasteiger partial charge is 0.256 e. The van der Waals surface area contributed by atoms with Gasteiger partial charge in [-0.1, -0.05) is 142 Å². The maximum atomic E-state index is 2.53. The Labute approximate surface area is 208 Å². The fourth-order valence-corrected chi connectivity index (χ4v) is 5.15. The normalized spacial score (nSPS) is 11.5. The molecule has 0 fully saturated rings. The second-order valence-corrected chi connectivity index (χ2v) is 10.7. The number of aryl methyl sites for hydroxylation is 2. The van der Waals surface area contributed by atoms with Gasteiger partial charge in [0.15, 0.2) is 0 Å². The molecule has 0 saturated carbocycles. The maximum Gasteiger partial charge on any atom is 0.256 e. The summed E-state index contributed by atoms with van der Waals surface area (Å²) in [5.41, 5.74) is 0. The van der Waals surface area contributed by atoms with Crippen LogP contribution >= 0.6 is 0 Å². The highest BCUT2D eigenvalue weighted by Crippen LogP contribution is 2.14. The molecule has 1 heterocycles. The molecule has 0 N–H and O–H groups in total. The highest BCUT2D eigenvalue weighted by Gasteiger charge is 2.13. The van der Waals surface area contributed by atoms with Crippen molar-refractivity contribution in [3.05, 3.63) is 18.2 Å². The molecule has 2 heteroatoms. The van der Waals surface area contributed by atoms with E-state index < -0.39 is 0 Å². The quantitative estimate of drug-likeness (QED) is 0.101. The van der Waals surface area contributed by atoms with Crippen LogP contribution in [0.5, 0.6) is 0 Å². The van der Waals surface area contributed by atoms with E-state index in [0.29, 0.717) is 0 Å². The van der Waals surface area contributed by atoms with Gasteiger partial charge in [0.25, 0.3) is 5.82 Å². The number of unbranched alkanes of at least 4 members (excludes halogenated alkanes) is 21. The molecular weight excluding hydrogens is 400 g/mol. The van der Waals surface area contributed by atoms with Crippen LogP contribution < -0.4 is 4.57 Å². The molecule has 1 aromatic rings. The van der Waals surface area contributed by atoms with Crippen LogP contribution in [-0.2, 0) is 20.0 Å². The van der Waals surface area contributed by atoms with Crippen molar-refractivity contribution in [1.29, 1.82) is 0 Å². The van der Waals surface area contributed by atoms with Crippen LogP contribution in [0.15, 0.2) is 12.4 Å². The smallest absolute Gasteiger partial charge is 0.237 e. The van der Waals surface area contributed by atoms with Crippen LogP contribution in [0, 0.1) is 0 Å². The van der Waals surface area contributed by atoms with Crippen molar-refractivity contribution in [2.24, 2.45) is 7.05 Å². The molecule has 194 valence electrons. The first-order valence-corrected chi connectivity index (χ1v) is 15.3. The highest BCUT2D eigenvalue weighted by atomic mass is 15.1. The fourth-order valence-electron chi connectivity index (χ4n) is 5.15. The van der Waals surface area contributed by atoms with Crippen LogP contribution in [0.4, 0.5) is 0 Å². The van der Waals surface area contributed by atoms with Gasteiger partial charge in [-0.05, 0) is 19.3 Å². The monoisotopic (exact) mass is 461 g/mol. The van der Waals surface area contributed by atoms with Gasteiger partial charge in [-0.2, -0.15) is 0 Å². The molecule has 0 bridgehead atoms. The van der Waals surface area contributed by atoms with Crippen LogP contribution in [0.1, 0.15) is 167 Å². The Bertz CT molecular complexity index is 519. The molecule has 0 aliphatic rings. The summed E-state index contributed by atoms with van der Waals surface area (Å²) in [6.45, 7) is 5.81. The van der Waals surface area contributed by atoms with E-state index in [4.69, 9.17) is 0 Å². The lowest BCUT2D eigenvalue weighted by Gasteiger charge is -2.05. The first-order chi connectivity index (χ1) is 16.3. The Kier molecular flexibility index (Phi) is 21.1. The molecule has 0 saturated heterocycles. The van der Waals surface area contributed by atoms with Crippen molar-refractivity contribution in [1.82, 2.24) is 4.57 Å². The third-order valence-corrected chi connectivity index (χ3v) is 7.47. The average molecular weight is 462 g/mol. The van der Waals surface area contributed by atoms with Gasteiger partial charge in [0.05, 0.1) is 13.6 Å². The molecule has 2 nitrogen and oxygen atoms in total. The van der Waals surface area contributed by atoms with Gasteiger partial charge >= 0.3 is 0 Å². The van der Waals surface area contributed by atoms with Gasteiger partial charge in [-0.25, -0.2) is 9.13 Å².